The van der Waals surface area contributed by atoms with Crippen molar-refractivity contribution >= 4 is 26.5 Å². The van der Waals surface area contributed by atoms with Gasteiger partial charge in [0.15, 0.2) is 5.13 Å². The second kappa shape index (κ2) is 6.97. The first kappa shape index (κ1) is 20.3. The van der Waals surface area contributed by atoms with E-state index in [1.54, 1.807) is 0 Å². The number of hydrogen-bond donors (Lipinski definition) is 0. The molecule has 0 aliphatic carbocycles. The number of sulfonamides is 1. The smallest absolute Gasteiger partial charge is 0.342 e. The largest absolute Gasteiger partial charge is 0.471 e. The molecule has 0 radical (unpaired) electrons. The summed E-state index contributed by atoms with van der Waals surface area (Å²) in [6, 6.07) is 4.27. The predicted molar refractivity (Wildman–Crippen MR) is 100 cm³/mol. The van der Waals surface area contributed by atoms with Gasteiger partial charge in [0.05, 0.1) is 16.0 Å². The second-order valence-corrected chi connectivity index (χ2v) is 10.1. The topological polar surface area (TPSA) is 92.4 Å². The molecular formula is C17H13F4N5O3S2. The van der Waals surface area contributed by atoms with E-state index in [4.69, 9.17) is 0 Å². The van der Waals surface area contributed by atoms with E-state index in [1.165, 1.54) is 22.6 Å². The van der Waals surface area contributed by atoms with E-state index in [1.807, 2.05) is 4.90 Å². The lowest BCUT2D eigenvalue weighted by atomic mass is 10.2. The van der Waals surface area contributed by atoms with Crippen LogP contribution in [0.5, 0.6) is 0 Å². The molecule has 0 saturated carbocycles. The Bertz CT molecular complexity index is 1230. The summed E-state index contributed by atoms with van der Waals surface area (Å²) in [7, 11) is -3.76. The van der Waals surface area contributed by atoms with E-state index in [0.29, 0.717) is 23.0 Å². The first-order valence-corrected chi connectivity index (χ1v) is 11.3. The number of benzene rings is 1. The van der Waals surface area contributed by atoms with Gasteiger partial charge in [-0.05, 0) is 30.7 Å². The van der Waals surface area contributed by atoms with Crippen molar-refractivity contribution in [2.24, 2.45) is 0 Å². The summed E-state index contributed by atoms with van der Waals surface area (Å²) >= 11 is 1.11. The van der Waals surface area contributed by atoms with Gasteiger partial charge in [0, 0.05) is 25.2 Å². The van der Waals surface area contributed by atoms with E-state index in [-0.39, 0.29) is 29.3 Å². The number of nitrogens with zero attached hydrogens (tertiary/aromatic N) is 5. The Labute approximate surface area is 177 Å². The zero-order valence-corrected chi connectivity index (χ0v) is 17.1. The third-order valence-corrected chi connectivity index (χ3v) is 8.20. The monoisotopic (exact) mass is 475 g/mol. The summed E-state index contributed by atoms with van der Waals surface area (Å²) in [5.41, 5.74) is 0. The highest BCUT2D eigenvalue weighted by Gasteiger charge is 2.49. The highest BCUT2D eigenvalue weighted by molar-refractivity contribution is 7.89. The summed E-state index contributed by atoms with van der Waals surface area (Å²) in [5.74, 6) is -2.16. The molecule has 2 saturated heterocycles. The van der Waals surface area contributed by atoms with Crippen LogP contribution in [-0.4, -0.2) is 53.0 Å². The molecule has 31 heavy (non-hydrogen) atoms. The van der Waals surface area contributed by atoms with Crippen LogP contribution in [0.4, 0.5) is 22.7 Å². The molecule has 4 heterocycles. The fourth-order valence-electron chi connectivity index (χ4n) is 3.84. The molecule has 2 fully saturated rings. The normalized spacial score (nSPS) is 21.9. The molecule has 1 aromatic carbocycles. The van der Waals surface area contributed by atoms with Crippen LogP contribution in [0, 0.1) is 5.82 Å². The van der Waals surface area contributed by atoms with Gasteiger partial charge in [-0.25, -0.2) is 17.8 Å². The maximum absolute atomic E-state index is 13.1. The van der Waals surface area contributed by atoms with E-state index < -0.39 is 27.9 Å². The summed E-state index contributed by atoms with van der Waals surface area (Å²) in [6.07, 6.45) is -2.77. The number of anilines is 1. The zero-order valence-electron chi connectivity index (χ0n) is 15.5. The van der Waals surface area contributed by atoms with Gasteiger partial charge in [0.2, 0.25) is 15.8 Å². The molecule has 2 aromatic heterocycles. The molecule has 2 atom stereocenters. The van der Waals surface area contributed by atoms with E-state index in [9.17, 15) is 26.0 Å². The lowest BCUT2D eigenvalue weighted by Crippen LogP contribution is -2.48. The third kappa shape index (κ3) is 3.47. The van der Waals surface area contributed by atoms with Gasteiger partial charge in [-0.15, -0.1) is 0 Å². The van der Waals surface area contributed by atoms with Crippen molar-refractivity contribution in [2.75, 3.05) is 18.0 Å². The number of piperazine rings is 1. The van der Waals surface area contributed by atoms with Crippen molar-refractivity contribution in [1.82, 2.24) is 19.4 Å². The fraction of sp³-hybridized carbons (Fsp3) is 0.353. The lowest BCUT2D eigenvalue weighted by Gasteiger charge is -2.33. The van der Waals surface area contributed by atoms with Gasteiger partial charge in [0.25, 0.3) is 0 Å². The molecule has 8 nitrogen and oxygen atoms in total. The van der Waals surface area contributed by atoms with Gasteiger partial charge < -0.3 is 9.42 Å². The Kier molecular flexibility index (Phi) is 4.57. The van der Waals surface area contributed by atoms with Crippen molar-refractivity contribution in [2.45, 2.75) is 29.6 Å². The van der Waals surface area contributed by atoms with Crippen LogP contribution >= 0.6 is 11.3 Å². The minimum Gasteiger partial charge on any atom is -0.342 e. The molecule has 2 bridgehead atoms. The second-order valence-electron chi connectivity index (χ2n) is 7.15. The van der Waals surface area contributed by atoms with E-state index in [0.717, 1.165) is 23.5 Å². The Balaban J connectivity index is 1.32. The Hall–Kier alpha value is -2.58. The van der Waals surface area contributed by atoms with Crippen LogP contribution in [0.15, 0.2) is 39.9 Å². The SMILES string of the molecule is O=S(=O)(c1ccc(F)cc1)N1CC2CC1CN2c1ncc(-c2noc(C(F)(F)F)n2)s1. The summed E-state index contributed by atoms with van der Waals surface area (Å²) < 4.78 is 82.6. The van der Waals surface area contributed by atoms with Gasteiger partial charge in [-0.2, -0.15) is 22.5 Å². The van der Waals surface area contributed by atoms with Crippen molar-refractivity contribution in [3.8, 4) is 10.7 Å². The Morgan fingerprint density at radius 1 is 1.13 bits per heavy atom. The van der Waals surface area contributed by atoms with E-state index >= 15 is 0 Å². The van der Waals surface area contributed by atoms with Gasteiger partial charge in [-0.3, -0.25) is 0 Å². The van der Waals surface area contributed by atoms with Gasteiger partial charge in [0.1, 0.15) is 5.82 Å². The minimum absolute atomic E-state index is 0.0297. The fourth-order valence-corrected chi connectivity index (χ4v) is 6.43. The molecule has 0 N–H and O–H groups in total. The van der Waals surface area contributed by atoms with Gasteiger partial charge in [-0.1, -0.05) is 16.5 Å². The highest BCUT2D eigenvalue weighted by Crippen LogP contribution is 2.40. The highest BCUT2D eigenvalue weighted by atomic mass is 32.2. The predicted octanol–water partition coefficient (Wildman–Crippen LogP) is 3.00. The minimum atomic E-state index is -4.73. The molecule has 2 aliphatic heterocycles. The van der Waals surface area contributed by atoms with Crippen LogP contribution in [0.25, 0.3) is 10.7 Å². The average Bonchev–Trinajstić information content (AvgIpc) is 3.50. The van der Waals surface area contributed by atoms with Crippen LogP contribution in [-0.2, 0) is 16.2 Å². The summed E-state index contributed by atoms with van der Waals surface area (Å²) in [4.78, 5) is 9.88. The van der Waals surface area contributed by atoms with Crippen molar-refractivity contribution in [3.63, 3.8) is 0 Å². The number of halogens is 4. The number of fused-ring (bicyclic) bond motifs is 2. The maximum Gasteiger partial charge on any atom is 0.471 e. The Morgan fingerprint density at radius 3 is 2.48 bits per heavy atom. The van der Waals surface area contributed by atoms with Crippen molar-refractivity contribution in [3.05, 3.63) is 42.2 Å². The number of hydrogen-bond acceptors (Lipinski definition) is 8. The maximum atomic E-state index is 13.1. The van der Waals surface area contributed by atoms with Crippen LogP contribution in [0.2, 0.25) is 0 Å². The number of thiazole rings is 1. The molecule has 2 unspecified atom stereocenters. The van der Waals surface area contributed by atoms with E-state index in [2.05, 4.69) is 19.6 Å². The molecule has 14 heteroatoms. The first-order chi connectivity index (χ1) is 14.6. The molecule has 3 aromatic rings. The van der Waals surface area contributed by atoms with Crippen LogP contribution in [0.1, 0.15) is 12.3 Å². The average molecular weight is 475 g/mol. The molecule has 2 aliphatic rings. The standard InChI is InChI=1S/C17H13F4N5O3S2/c18-9-1-3-12(4-2-9)31(27,28)26-8-10-5-11(26)7-25(10)16-22-6-13(30-16)14-23-15(29-24-14)17(19,20)21/h1-4,6,10-11H,5,7-8H2. The quantitative estimate of drug-likeness (QED) is 0.536. The number of aromatic nitrogens is 3. The van der Waals surface area contributed by atoms with Crippen LogP contribution < -0.4 is 4.90 Å². The van der Waals surface area contributed by atoms with Crippen LogP contribution in [0.3, 0.4) is 0 Å². The third-order valence-electron chi connectivity index (χ3n) is 5.24. The first-order valence-electron chi connectivity index (χ1n) is 9.04. The summed E-state index contributed by atoms with van der Waals surface area (Å²) in [6.45, 7) is 0.623. The van der Waals surface area contributed by atoms with Crippen molar-refractivity contribution < 1.29 is 30.5 Å². The van der Waals surface area contributed by atoms with Gasteiger partial charge >= 0.3 is 12.1 Å². The van der Waals surface area contributed by atoms with Crippen molar-refractivity contribution in [1.29, 1.82) is 0 Å². The lowest BCUT2D eigenvalue weighted by molar-refractivity contribution is -0.159. The molecular weight excluding hydrogens is 462 g/mol. The summed E-state index contributed by atoms with van der Waals surface area (Å²) in [5, 5.41) is 3.90. The zero-order chi connectivity index (χ0) is 22.0. The number of alkyl halides is 3. The Morgan fingerprint density at radius 2 is 1.87 bits per heavy atom. The molecule has 5 rings (SSSR count). The molecule has 0 spiro atoms. The molecule has 0 amide bonds. The number of rotatable bonds is 4. The molecule has 164 valence electrons.